The second-order valence-corrected chi connectivity index (χ2v) is 7.43. The standard InChI is InChI=1S/C19H31N3O2/c1-7-22(13-18(24)21-19(4,5)6)12-17(23)20-16-10-8-9-15(11-16)14(2)3/h8-11,14H,7,12-13H2,1-6H3,(H,20,23)(H,21,24). The van der Waals surface area contributed by atoms with E-state index in [9.17, 15) is 9.59 Å². The van der Waals surface area contributed by atoms with Crippen LogP contribution >= 0.6 is 0 Å². The van der Waals surface area contributed by atoms with Crippen molar-refractivity contribution in [1.82, 2.24) is 10.2 Å². The van der Waals surface area contributed by atoms with Gasteiger partial charge in [0.2, 0.25) is 11.8 Å². The maximum Gasteiger partial charge on any atom is 0.238 e. The summed E-state index contributed by atoms with van der Waals surface area (Å²) in [6.07, 6.45) is 0. The Hall–Kier alpha value is -1.88. The van der Waals surface area contributed by atoms with Crippen LogP contribution in [0.3, 0.4) is 0 Å². The lowest BCUT2D eigenvalue weighted by Gasteiger charge is -2.24. The van der Waals surface area contributed by atoms with Gasteiger partial charge in [0.05, 0.1) is 13.1 Å². The van der Waals surface area contributed by atoms with E-state index in [1.165, 1.54) is 5.56 Å². The lowest BCUT2D eigenvalue weighted by atomic mass is 10.0. The Kier molecular flexibility index (Phi) is 7.42. The van der Waals surface area contributed by atoms with Crippen LogP contribution in [0.5, 0.6) is 0 Å². The van der Waals surface area contributed by atoms with Crippen molar-refractivity contribution in [2.45, 2.75) is 53.0 Å². The predicted molar refractivity (Wildman–Crippen MR) is 99.2 cm³/mol. The summed E-state index contributed by atoms with van der Waals surface area (Å²) in [5.74, 6) is 0.232. The molecule has 1 aromatic rings. The molecule has 1 rings (SSSR count). The van der Waals surface area contributed by atoms with Crippen LogP contribution in [0, 0.1) is 0 Å². The molecule has 0 radical (unpaired) electrons. The number of hydrogen-bond donors (Lipinski definition) is 2. The zero-order valence-corrected chi connectivity index (χ0v) is 15.8. The summed E-state index contributed by atoms with van der Waals surface area (Å²) < 4.78 is 0. The molecule has 0 aromatic heterocycles. The zero-order valence-electron chi connectivity index (χ0n) is 15.8. The summed E-state index contributed by atoms with van der Waals surface area (Å²) >= 11 is 0. The lowest BCUT2D eigenvalue weighted by Crippen LogP contribution is -2.47. The van der Waals surface area contributed by atoms with E-state index in [0.29, 0.717) is 12.5 Å². The van der Waals surface area contributed by atoms with Gasteiger partial charge in [-0.05, 0) is 50.9 Å². The van der Waals surface area contributed by atoms with Crippen molar-refractivity contribution in [3.05, 3.63) is 29.8 Å². The lowest BCUT2D eigenvalue weighted by molar-refractivity contribution is -0.124. The molecule has 24 heavy (non-hydrogen) atoms. The number of amides is 2. The molecule has 0 aliphatic heterocycles. The first kappa shape index (κ1) is 20.2. The Balaban J connectivity index is 2.58. The minimum atomic E-state index is -0.268. The van der Waals surface area contributed by atoms with Gasteiger partial charge >= 0.3 is 0 Å². The van der Waals surface area contributed by atoms with E-state index in [1.807, 2.05) is 50.8 Å². The third-order valence-electron chi connectivity index (χ3n) is 3.53. The van der Waals surface area contributed by atoms with Crippen molar-refractivity contribution in [1.29, 1.82) is 0 Å². The number of nitrogens with zero attached hydrogens (tertiary/aromatic N) is 1. The molecule has 0 bridgehead atoms. The summed E-state index contributed by atoms with van der Waals surface area (Å²) in [5.41, 5.74) is 1.71. The van der Waals surface area contributed by atoms with Crippen molar-refractivity contribution in [2.75, 3.05) is 25.0 Å². The van der Waals surface area contributed by atoms with Gasteiger partial charge in [-0.1, -0.05) is 32.9 Å². The Bertz CT molecular complexity index is 562. The minimum Gasteiger partial charge on any atom is -0.350 e. The molecule has 1 aromatic carbocycles. The Morgan fingerprint density at radius 1 is 1.12 bits per heavy atom. The van der Waals surface area contributed by atoms with Crippen LogP contribution in [0.1, 0.15) is 53.0 Å². The number of hydrogen-bond acceptors (Lipinski definition) is 3. The van der Waals surface area contributed by atoms with Crippen LogP contribution in [-0.4, -0.2) is 41.9 Å². The van der Waals surface area contributed by atoms with Crippen molar-refractivity contribution in [3.8, 4) is 0 Å². The molecule has 0 heterocycles. The highest BCUT2D eigenvalue weighted by atomic mass is 16.2. The smallest absolute Gasteiger partial charge is 0.238 e. The molecule has 0 fully saturated rings. The predicted octanol–water partition coefficient (Wildman–Crippen LogP) is 2.99. The van der Waals surface area contributed by atoms with Gasteiger partial charge in [0.15, 0.2) is 0 Å². The van der Waals surface area contributed by atoms with Crippen LogP contribution in [0.2, 0.25) is 0 Å². The highest BCUT2D eigenvalue weighted by Gasteiger charge is 2.17. The van der Waals surface area contributed by atoms with Crippen molar-refractivity contribution < 1.29 is 9.59 Å². The van der Waals surface area contributed by atoms with Gasteiger partial charge in [-0.25, -0.2) is 0 Å². The van der Waals surface area contributed by atoms with Crippen LogP contribution in [-0.2, 0) is 9.59 Å². The van der Waals surface area contributed by atoms with Gasteiger partial charge in [0.25, 0.3) is 0 Å². The molecule has 2 N–H and O–H groups in total. The van der Waals surface area contributed by atoms with Crippen LogP contribution in [0.4, 0.5) is 5.69 Å². The summed E-state index contributed by atoms with van der Waals surface area (Å²) in [4.78, 5) is 26.1. The molecule has 5 heteroatoms. The highest BCUT2D eigenvalue weighted by Crippen LogP contribution is 2.18. The highest BCUT2D eigenvalue weighted by molar-refractivity contribution is 5.92. The fourth-order valence-corrected chi connectivity index (χ4v) is 2.32. The third kappa shape index (κ3) is 7.59. The molecule has 134 valence electrons. The molecule has 5 nitrogen and oxygen atoms in total. The average molecular weight is 333 g/mol. The molecule has 0 spiro atoms. The third-order valence-corrected chi connectivity index (χ3v) is 3.53. The molecule has 0 aliphatic rings. The molecule has 0 unspecified atom stereocenters. The Labute approximate surface area is 145 Å². The van der Waals surface area contributed by atoms with Crippen molar-refractivity contribution >= 4 is 17.5 Å². The largest absolute Gasteiger partial charge is 0.350 e. The fourth-order valence-electron chi connectivity index (χ4n) is 2.32. The van der Waals surface area contributed by atoms with Gasteiger partial charge < -0.3 is 10.6 Å². The second kappa shape index (κ2) is 8.83. The SMILES string of the molecule is CCN(CC(=O)Nc1cccc(C(C)C)c1)CC(=O)NC(C)(C)C. The number of benzene rings is 1. The van der Waals surface area contributed by atoms with E-state index in [-0.39, 0.29) is 30.4 Å². The van der Waals surface area contributed by atoms with E-state index in [4.69, 9.17) is 0 Å². The fraction of sp³-hybridized carbons (Fsp3) is 0.579. The van der Waals surface area contributed by atoms with E-state index in [0.717, 1.165) is 5.69 Å². The Morgan fingerprint density at radius 2 is 1.75 bits per heavy atom. The number of nitrogens with one attached hydrogen (secondary N) is 2. The average Bonchev–Trinajstić information content (AvgIpc) is 2.44. The van der Waals surface area contributed by atoms with Crippen LogP contribution in [0.25, 0.3) is 0 Å². The molecule has 0 atom stereocenters. The maximum atomic E-state index is 12.2. The first-order chi connectivity index (χ1) is 11.1. The normalized spacial score (nSPS) is 11.7. The van der Waals surface area contributed by atoms with Crippen LogP contribution in [0.15, 0.2) is 24.3 Å². The molecule has 0 aliphatic carbocycles. The van der Waals surface area contributed by atoms with E-state index in [2.05, 4.69) is 30.5 Å². The number of carbonyl (C=O) groups excluding carboxylic acids is 2. The van der Waals surface area contributed by atoms with Crippen molar-refractivity contribution in [2.24, 2.45) is 0 Å². The number of likely N-dealkylation sites (N-methyl/N-ethyl adjacent to an activating group) is 1. The molecule has 2 amide bonds. The van der Waals surface area contributed by atoms with Gasteiger partial charge in [-0.3, -0.25) is 14.5 Å². The first-order valence-electron chi connectivity index (χ1n) is 8.54. The Morgan fingerprint density at radius 3 is 2.29 bits per heavy atom. The maximum absolute atomic E-state index is 12.2. The van der Waals surface area contributed by atoms with Crippen molar-refractivity contribution in [3.63, 3.8) is 0 Å². The van der Waals surface area contributed by atoms with E-state index >= 15 is 0 Å². The van der Waals surface area contributed by atoms with Gasteiger partial charge in [0.1, 0.15) is 0 Å². The minimum absolute atomic E-state index is 0.0704. The van der Waals surface area contributed by atoms with Gasteiger partial charge in [-0.15, -0.1) is 0 Å². The number of carbonyl (C=O) groups is 2. The topological polar surface area (TPSA) is 61.4 Å². The monoisotopic (exact) mass is 333 g/mol. The van der Waals surface area contributed by atoms with Crippen LogP contribution < -0.4 is 10.6 Å². The second-order valence-electron chi connectivity index (χ2n) is 7.43. The molecule has 0 saturated carbocycles. The quantitative estimate of drug-likeness (QED) is 0.806. The summed E-state index contributed by atoms with van der Waals surface area (Å²) in [7, 11) is 0. The zero-order chi connectivity index (χ0) is 18.3. The molecule has 0 saturated heterocycles. The van der Waals surface area contributed by atoms with E-state index in [1.54, 1.807) is 0 Å². The number of anilines is 1. The summed E-state index contributed by atoms with van der Waals surface area (Å²) in [6.45, 7) is 13.0. The first-order valence-corrected chi connectivity index (χ1v) is 8.54. The van der Waals surface area contributed by atoms with Gasteiger partial charge in [0, 0.05) is 11.2 Å². The summed E-state index contributed by atoms with van der Waals surface area (Å²) in [5, 5.41) is 5.83. The summed E-state index contributed by atoms with van der Waals surface area (Å²) in [6, 6.07) is 7.87. The molecular formula is C19H31N3O2. The number of rotatable bonds is 7. The molecular weight excluding hydrogens is 302 g/mol. The van der Waals surface area contributed by atoms with Gasteiger partial charge in [-0.2, -0.15) is 0 Å². The van der Waals surface area contributed by atoms with E-state index < -0.39 is 0 Å².